The van der Waals surface area contributed by atoms with Gasteiger partial charge in [0.2, 0.25) is 94.5 Å². The van der Waals surface area contributed by atoms with Gasteiger partial charge < -0.3 is 121 Å². The number of para-hydroxylation sites is 2. The number of hydrogen-bond acceptors (Lipinski definition) is 34. The summed E-state index contributed by atoms with van der Waals surface area (Å²) in [6.07, 6.45) is 4.90. The number of nitrogens with zero attached hydrogens (tertiary/aromatic N) is 14. The lowest BCUT2D eigenvalue weighted by Crippen LogP contribution is -2.61. The number of aromatic hydroxyl groups is 2. The number of pyridine rings is 2. The van der Waals surface area contributed by atoms with E-state index in [0.717, 1.165) is 82.4 Å². The molecule has 4 aliphatic heterocycles. The molecule has 0 radical (unpaired) electrons. The van der Waals surface area contributed by atoms with Crippen LogP contribution in [0.15, 0.2) is 60.7 Å². The standard InChI is InChI=1S/C50H62N12O12S4.C40H68N10O12S4/c1-57-21-31(55-45(69)41-37(63)17-27-13-9-11-15-29(27)53-41)43(67)51-19-39(65)60(4)36-26-78-77-25-35(49(73)61(5)33(23-75-7)47(57)71)59(3)40(66)20-52-44(68)32(22-58(2)48(72)34(24-76-8)62(6)50(36)74)56-46(70)42-38(64)18-28-14-10-12-16-30(28)54-42;1-39(2,3)61-37(59)43-23-17-45(7)33(55)25(19-63-13)49(11)35(57)28-22-66-65-21-27(47(9)29(51)15-41-31(23)53)36(58)50(12)26(20-64-14)34(56)46(8)18-24(44-38(60)62-40(4,5)6)32(54)42-16-30(52)48(28)10/h9-18,31-36,63-64H,19-26H2,1-8H3,(H,51,67)(H,52,68)(H,55,69)(H,56,70);23-28H,15-22H2,1-14H3,(H,41,53)(H,42,54)(H,43,59)(H,44,60)/t31-,32-,33+,34+,35+,36+;23-,24-,25+,26+,27+,28+/m11/s1. The molecular formula is C90H130N22O24S8. The van der Waals surface area contributed by atoms with Crippen molar-refractivity contribution in [3.05, 3.63) is 72.1 Å². The fourth-order valence-electron chi connectivity index (χ4n) is 14.9. The SMILES string of the molecule is CSC[C@H]1C(=O)N(C)C[C@@H](NC(=O)OC(C)(C)C)C(=O)NCC(=O)N(C)[C@H]2CSSC[C@@H](C(=O)N1C)N(C)C(=O)CNC(=O)[C@H](NC(=O)OC(C)(C)C)CN(C)C(=O)[C@H](CSC)N(C)C2=O.CSC[C@H]1C(=O)N(C)C[C@@H](NC(=O)c2nc3ccccc3cc2O)C(=O)NCC(=O)N(C)[C@H]2CSSC[C@@H](C(=O)N1C)N(C)C(=O)CNC(=O)[C@H](NC(=O)c1nc3ccccc3cc1O)CN(C)C(=O)[C@H](CSC)N(C)C2=O. The lowest BCUT2D eigenvalue weighted by molar-refractivity contribution is -0.149. The number of aromatic nitrogens is 2. The van der Waals surface area contributed by atoms with Crippen molar-refractivity contribution < 1.29 is 116 Å². The maximum Gasteiger partial charge on any atom is 0.408 e. The molecular weight excluding hydrogens is 2030 g/mol. The number of thioether (sulfide) groups is 4. The number of nitrogens with one attached hydrogen (secondary N) is 8. The van der Waals surface area contributed by atoms with Crippen molar-refractivity contribution in [2.75, 3.05) is 208 Å². The van der Waals surface area contributed by atoms with Gasteiger partial charge in [0.25, 0.3) is 11.8 Å². The van der Waals surface area contributed by atoms with Gasteiger partial charge in [0.1, 0.15) is 95.2 Å². The number of carbonyl (C=O) groups is 20. The predicted molar refractivity (Wildman–Crippen MR) is 554 cm³/mol. The van der Waals surface area contributed by atoms with Crippen LogP contribution in [0.25, 0.3) is 21.8 Å². The molecule has 4 saturated heterocycles. The molecule has 0 unspecified atom stereocenters. The molecule has 2 aromatic heterocycles. The lowest BCUT2D eigenvalue weighted by Gasteiger charge is -2.37. The van der Waals surface area contributed by atoms with E-state index in [1.54, 1.807) is 115 Å². The van der Waals surface area contributed by atoms with Gasteiger partial charge in [-0.1, -0.05) is 79.6 Å². The highest BCUT2D eigenvalue weighted by Crippen LogP contribution is 2.32. The van der Waals surface area contributed by atoms with E-state index in [-0.39, 0.29) is 46.0 Å². The van der Waals surface area contributed by atoms with E-state index in [4.69, 9.17) is 9.47 Å². The van der Waals surface area contributed by atoms with Crippen molar-refractivity contribution in [2.45, 2.75) is 125 Å². The highest BCUT2D eigenvalue weighted by molar-refractivity contribution is 8.77. The zero-order valence-electron chi connectivity index (χ0n) is 84.4. The lowest BCUT2D eigenvalue weighted by atomic mass is 10.1. The Labute approximate surface area is 868 Å². The minimum absolute atomic E-state index is 0.0259. The Balaban J connectivity index is 0.000000397. The van der Waals surface area contributed by atoms with Crippen LogP contribution in [0.3, 0.4) is 0 Å². The predicted octanol–water partition coefficient (Wildman–Crippen LogP) is -0.952. The number of amides is 20. The second-order valence-electron chi connectivity index (χ2n) is 36.2. The molecule has 4 fully saturated rings. The Kier molecular flexibility index (Phi) is 45.5. The third kappa shape index (κ3) is 32.8. The second kappa shape index (κ2) is 54.7. The molecule has 20 amide bonds. The zero-order valence-corrected chi connectivity index (χ0v) is 91.0. The van der Waals surface area contributed by atoms with Crippen LogP contribution >= 0.6 is 90.2 Å². The first-order valence-electron chi connectivity index (χ1n) is 45.1. The molecule has 2 aromatic carbocycles. The Morgan fingerprint density at radius 3 is 0.799 bits per heavy atom. The molecule has 54 heteroatoms. The first-order chi connectivity index (χ1) is 67.6. The number of likely N-dealkylation sites (N-methyl/N-ethyl adjacent to an activating group) is 12. The number of hydrogen-bond donors (Lipinski definition) is 10. The fraction of sp³-hybridized carbons (Fsp3) is 0.578. The quantitative estimate of drug-likeness (QED) is 0.0680. The molecule has 6 heterocycles. The van der Waals surface area contributed by atoms with E-state index in [9.17, 15) is 106 Å². The van der Waals surface area contributed by atoms with E-state index in [1.165, 1.54) is 163 Å². The molecule has 4 bridgehead atoms. The van der Waals surface area contributed by atoms with Crippen LogP contribution in [0, 0.1) is 0 Å². The first-order valence-corrected chi connectivity index (χ1v) is 55.6. The Morgan fingerprint density at radius 2 is 0.576 bits per heavy atom. The van der Waals surface area contributed by atoms with E-state index in [1.807, 2.05) is 0 Å². The molecule has 4 aliphatic rings. The number of ether oxygens (including phenoxy) is 2. The normalized spacial score (nSPS) is 23.7. The summed E-state index contributed by atoms with van der Waals surface area (Å²) >= 11 is 4.96. The Morgan fingerprint density at radius 1 is 0.354 bits per heavy atom. The third-order valence-electron chi connectivity index (χ3n) is 23.4. The van der Waals surface area contributed by atoms with Gasteiger partial charge in [0.15, 0.2) is 11.4 Å². The summed E-state index contributed by atoms with van der Waals surface area (Å²) in [5, 5.41) is 42.9. The highest BCUT2D eigenvalue weighted by Gasteiger charge is 2.46. The van der Waals surface area contributed by atoms with Gasteiger partial charge in [0.05, 0.1) is 37.2 Å². The molecule has 12 atom stereocenters. The molecule has 0 saturated carbocycles. The zero-order chi connectivity index (χ0) is 108. The van der Waals surface area contributed by atoms with Crippen molar-refractivity contribution in [3.63, 3.8) is 0 Å². The van der Waals surface area contributed by atoms with Crippen LogP contribution in [0.2, 0.25) is 0 Å². The third-order valence-corrected chi connectivity index (χ3v) is 30.8. The Hall–Kier alpha value is -11.3. The van der Waals surface area contributed by atoms with Crippen LogP contribution in [-0.2, 0) is 86.2 Å². The van der Waals surface area contributed by atoms with Crippen molar-refractivity contribution in [1.29, 1.82) is 0 Å². The van der Waals surface area contributed by atoms with Gasteiger partial charge in [-0.3, -0.25) is 86.3 Å². The molecule has 4 aromatic rings. The average Bonchev–Trinajstić information content (AvgIpc) is 0.806. The van der Waals surface area contributed by atoms with Crippen molar-refractivity contribution in [3.8, 4) is 11.5 Å². The van der Waals surface area contributed by atoms with E-state index >= 15 is 0 Å². The molecule has 792 valence electrons. The monoisotopic (exact) mass is 2160 g/mol. The molecule has 144 heavy (non-hydrogen) atoms. The number of alkyl carbamates (subject to hydrolysis) is 2. The van der Waals surface area contributed by atoms with Crippen molar-refractivity contribution >= 4 is 231 Å². The molecule has 10 N–H and O–H groups in total. The summed E-state index contributed by atoms with van der Waals surface area (Å²) in [6.45, 7) is 5.09. The summed E-state index contributed by atoms with van der Waals surface area (Å²) in [7, 11) is 20.7. The van der Waals surface area contributed by atoms with Crippen LogP contribution in [0.1, 0.15) is 62.5 Å². The fourth-order valence-corrected chi connectivity index (χ4v) is 22.7. The summed E-state index contributed by atoms with van der Waals surface area (Å²) < 4.78 is 10.8. The van der Waals surface area contributed by atoms with E-state index in [0.29, 0.717) is 21.8 Å². The van der Waals surface area contributed by atoms with Crippen LogP contribution < -0.4 is 42.5 Å². The van der Waals surface area contributed by atoms with Gasteiger partial charge in [-0.2, -0.15) is 47.0 Å². The number of carbonyl (C=O) groups excluding carboxylic acids is 20. The smallest absolute Gasteiger partial charge is 0.408 e. The largest absolute Gasteiger partial charge is 0.505 e. The van der Waals surface area contributed by atoms with Crippen LogP contribution in [0.5, 0.6) is 11.5 Å². The second-order valence-corrected chi connectivity index (χ2v) is 44.9. The van der Waals surface area contributed by atoms with Gasteiger partial charge in [0, 0.05) is 168 Å². The van der Waals surface area contributed by atoms with Crippen LogP contribution in [-0.4, -0.2) is 489 Å². The summed E-state index contributed by atoms with van der Waals surface area (Å²) in [5.74, 6) is -15.2. The van der Waals surface area contributed by atoms with Gasteiger partial charge >= 0.3 is 12.2 Å². The van der Waals surface area contributed by atoms with E-state index in [2.05, 4.69) is 52.5 Å². The molecule has 8 rings (SSSR count). The summed E-state index contributed by atoms with van der Waals surface area (Å²) in [6, 6.07) is 0.00409. The average molecular weight is 2160 g/mol. The maximum absolute atomic E-state index is 14.9. The highest BCUT2D eigenvalue weighted by atomic mass is 33.1. The van der Waals surface area contributed by atoms with Gasteiger partial charge in [-0.25, -0.2) is 19.6 Å². The molecule has 46 nitrogen and oxygen atoms in total. The Bertz CT molecular complexity index is 5080. The van der Waals surface area contributed by atoms with Gasteiger partial charge in [-0.05, 0) is 90.8 Å². The van der Waals surface area contributed by atoms with E-state index < -0.39 is 277 Å². The summed E-state index contributed by atoms with van der Waals surface area (Å²) in [4.78, 5) is 305. The minimum atomic E-state index is -1.60. The number of rotatable bonds is 14. The number of benzene rings is 2. The minimum Gasteiger partial charge on any atom is -0.505 e. The first kappa shape index (κ1) is 120. The van der Waals surface area contributed by atoms with Gasteiger partial charge in [-0.15, -0.1) is 0 Å². The number of fused-ring (bicyclic) bond motifs is 12. The maximum atomic E-state index is 14.9. The van der Waals surface area contributed by atoms with Crippen LogP contribution in [0.4, 0.5) is 9.59 Å². The molecule has 0 spiro atoms. The summed E-state index contributed by atoms with van der Waals surface area (Å²) in [5.41, 5.74) is -2.07. The molecule has 0 aliphatic carbocycles. The van der Waals surface area contributed by atoms with Crippen molar-refractivity contribution in [2.24, 2.45) is 0 Å². The topological polar surface area (TPSA) is 561 Å². The van der Waals surface area contributed by atoms with Crippen molar-refractivity contribution in [1.82, 2.24) is 111 Å².